The van der Waals surface area contributed by atoms with Gasteiger partial charge < -0.3 is 10.2 Å². The molecule has 2 rings (SSSR count). The Kier molecular flexibility index (Phi) is 4.36. The van der Waals surface area contributed by atoms with Gasteiger partial charge in [-0.2, -0.15) is 0 Å². The lowest BCUT2D eigenvalue weighted by Gasteiger charge is -2.39. The van der Waals surface area contributed by atoms with Crippen LogP contribution in [-0.2, 0) is 10.0 Å². The van der Waals surface area contributed by atoms with E-state index >= 15 is 0 Å². The Bertz CT molecular complexity index is 554. The van der Waals surface area contributed by atoms with Crippen LogP contribution in [0.25, 0.3) is 0 Å². The normalized spacial score (nSPS) is 24.1. The van der Waals surface area contributed by atoms with Crippen molar-refractivity contribution in [3.05, 3.63) is 24.3 Å². The topological polar surface area (TPSA) is 52.7 Å². The second-order valence-electron chi connectivity index (χ2n) is 5.59. The Hall–Kier alpha value is -1.11. The summed E-state index contributed by atoms with van der Waals surface area (Å²) in [6.45, 7) is 6.20. The Labute approximate surface area is 121 Å². The lowest BCUT2D eigenvalue weighted by Crippen LogP contribution is -2.54. The fraction of sp³-hybridized carbons (Fsp3) is 0.571. The monoisotopic (exact) mass is 297 g/mol. The number of hydrogen-bond donors (Lipinski definition) is 1. The van der Waals surface area contributed by atoms with E-state index in [-0.39, 0.29) is 0 Å². The number of anilines is 1. The molecule has 1 fully saturated rings. The average molecular weight is 297 g/mol. The van der Waals surface area contributed by atoms with Crippen LogP contribution < -0.4 is 10.2 Å². The van der Waals surface area contributed by atoms with Crippen LogP contribution in [0.4, 0.5) is 5.69 Å². The first-order chi connectivity index (χ1) is 9.32. The highest BCUT2D eigenvalue weighted by Crippen LogP contribution is 2.22. The van der Waals surface area contributed by atoms with Crippen molar-refractivity contribution in [3.63, 3.8) is 0 Å². The zero-order chi connectivity index (χ0) is 14.9. The van der Waals surface area contributed by atoms with Crippen molar-refractivity contribution < 1.29 is 8.42 Å². The molecule has 112 valence electrons. The molecule has 1 saturated heterocycles. The van der Waals surface area contributed by atoms with Crippen molar-refractivity contribution in [2.45, 2.75) is 30.8 Å². The molecule has 0 spiro atoms. The molecular formula is C14H23N3O2S. The van der Waals surface area contributed by atoms with E-state index in [1.54, 1.807) is 26.2 Å². The number of nitrogens with one attached hydrogen (secondary N) is 1. The number of benzene rings is 1. The van der Waals surface area contributed by atoms with Gasteiger partial charge in [-0.1, -0.05) is 0 Å². The second kappa shape index (κ2) is 5.71. The van der Waals surface area contributed by atoms with Gasteiger partial charge in [-0.05, 0) is 38.1 Å². The fourth-order valence-electron chi connectivity index (χ4n) is 2.40. The SMILES string of the molecule is CC1CN(c2ccc(S(=O)(=O)N(C)C)cc2)C(C)CN1. The summed E-state index contributed by atoms with van der Waals surface area (Å²) < 4.78 is 25.3. The van der Waals surface area contributed by atoms with Crippen molar-refractivity contribution in [2.24, 2.45) is 0 Å². The molecular weight excluding hydrogens is 274 g/mol. The predicted molar refractivity (Wildman–Crippen MR) is 81.6 cm³/mol. The zero-order valence-electron chi connectivity index (χ0n) is 12.5. The van der Waals surface area contributed by atoms with E-state index in [4.69, 9.17) is 0 Å². The molecule has 2 atom stereocenters. The van der Waals surface area contributed by atoms with Gasteiger partial charge in [0.15, 0.2) is 0 Å². The van der Waals surface area contributed by atoms with Crippen LogP contribution in [0.15, 0.2) is 29.2 Å². The Balaban J connectivity index is 2.24. The average Bonchev–Trinajstić information content (AvgIpc) is 2.41. The Morgan fingerprint density at radius 2 is 1.80 bits per heavy atom. The van der Waals surface area contributed by atoms with E-state index in [2.05, 4.69) is 24.1 Å². The maximum absolute atomic E-state index is 12.0. The predicted octanol–water partition coefficient (Wildman–Crippen LogP) is 1.12. The quantitative estimate of drug-likeness (QED) is 0.908. The van der Waals surface area contributed by atoms with Gasteiger partial charge in [0.2, 0.25) is 10.0 Å². The van der Waals surface area contributed by atoms with Gasteiger partial charge >= 0.3 is 0 Å². The van der Waals surface area contributed by atoms with E-state index in [1.807, 2.05) is 12.1 Å². The molecule has 0 saturated carbocycles. The first kappa shape index (κ1) is 15.3. The smallest absolute Gasteiger partial charge is 0.242 e. The number of piperazine rings is 1. The van der Waals surface area contributed by atoms with Crippen LogP contribution in [0, 0.1) is 0 Å². The first-order valence-corrected chi connectivity index (χ1v) is 8.29. The van der Waals surface area contributed by atoms with Gasteiger partial charge in [0.1, 0.15) is 0 Å². The minimum Gasteiger partial charge on any atom is -0.366 e. The molecule has 1 heterocycles. The third-order valence-electron chi connectivity index (χ3n) is 3.71. The first-order valence-electron chi connectivity index (χ1n) is 6.85. The standard InChI is InChI=1S/C14H23N3O2S/c1-11-10-17(12(2)9-15-11)13-5-7-14(8-6-13)20(18,19)16(3)4/h5-8,11-12,15H,9-10H2,1-4H3. The summed E-state index contributed by atoms with van der Waals surface area (Å²) in [5.41, 5.74) is 1.07. The summed E-state index contributed by atoms with van der Waals surface area (Å²) in [6.07, 6.45) is 0. The number of rotatable bonds is 3. The minimum atomic E-state index is -3.35. The van der Waals surface area contributed by atoms with E-state index in [9.17, 15) is 8.42 Å². The Morgan fingerprint density at radius 3 is 2.35 bits per heavy atom. The molecule has 0 radical (unpaired) electrons. The van der Waals surface area contributed by atoms with E-state index in [1.165, 1.54) is 4.31 Å². The van der Waals surface area contributed by atoms with Gasteiger partial charge in [-0.15, -0.1) is 0 Å². The van der Waals surface area contributed by atoms with Gasteiger partial charge in [0.05, 0.1) is 4.90 Å². The molecule has 6 heteroatoms. The van der Waals surface area contributed by atoms with Crippen molar-refractivity contribution >= 4 is 15.7 Å². The van der Waals surface area contributed by atoms with Gasteiger partial charge in [0, 0.05) is 45.0 Å². The van der Waals surface area contributed by atoms with Crippen LogP contribution in [0.1, 0.15) is 13.8 Å². The molecule has 1 aromatic carbocycles. The van der Waals surface area contributed by atoms with Crippen LogP contribution in [0.2, 0.25) is 0 Å². The third-order valence-corrected chi connectivity index (χ3v) is 5.54. The number of hydrogen-bond acceptors (Lipinski definition) is 4. The molecule has 5 nitrogen and oxygen atoms in total. The van der Waals surface area contributed by atoms with Crippen molar-refractivity contribution in [2.75, 3.05) is 32.1 Å². The van der Waals surface area contributed by atoms with Crippen molar-refractivity contribution in [1.82, 2.24) is 9.62 Å². The molecule has 1 N–H and O–H groups in total. The van der Waals surface area contributed by atoms with Crippen molar-refractivity contribution in [3.8, 4) is 0 Å². The number of nitrogens with zero attached hydrogens (tertiary/aromatic N) is 2. The van der Waals surface area contributed by atoms with Crippen molar-refractivity contribution in [1.29, 1.82) is 0 Å². The molecule has 1 aromatic rings. The molecule has 0 aliphatic carbocycles. The van der Waals surface area contributed by atoms with Crippen LogP contribution >= 0.6 is 0 Å². The molecule has 1 aliphatic heterocycles. The summed E-state index contributed by atoms with van der Waals surface area (Å²) in [5, 5.41) is 3.44. The van der Waals surface area contributed by atoms with E-state index < -0.39 is 10.0 Å². The van der Waals surface area contributed by atoms with E-state index in [0.717, 1.165) is 18.8 Å². The maximum Gasteiger partial charge on any atom is 0.242 e. The lowest BCUT2D eigenvalue weighted by atomic mass is 10.1. The molecule has 1 aliphatic rings. The molecule has 0 aromatic heterocycles. The Morgan fingerprint density at radius 1 is 1.20 bits per heavy atom. The summed E-state index contributed by atoms with van der Waals surface area (Å²) in [5.74, 6) is 0. The molecule has 2 unspecified atom stereocenters. The zero-order valence-corrected chi connectivity index (χ0v) is 13.3. The summed E-state index contributed by atoms with van der Waals surface area (Å²) in [6, 6.07) is 8.00. The lowest BCUT2D eigenvalue weighted by molar-refractivity contribution is 0.425. The summed E-state index contributed by atoms with van der Waals surface area (Å²) in [4.78, 5) is 2.65. The summed E-state index contributed by atoms with van der Waals surface area (Å²) in [7, 11) is -0.256. The third kappa shape index (κ3) is 2.97. The van der Waals surface area contributed by atoms with Gasteiger partial charge in [-0.25, -0.2) is 12.7 Å². The fourth-order valence-corrected chi connectivity index (χ4v) is 3.30. The number of sulfonamides is 1. The molecule has 0 amide bonds. The minimum absolute atomic E-state index is 0.335. The highest BCUT2D eigenvalue weighted by Gasteiger charge is 2.23. The molecule has 0 bridgehead atoms. The van der Waals surface area contributed by atoms with Crippen LogP contribution in [0.5, 0.6) is 0 Å². The maximum atomic E-state index is 12.0. The van der Waals surface area contributed by atoms with Crippen LogP contribution in [-0.4, -0.2) is 52.0 Å². The second-order valence-corrected chi connectivity index (χ2v) is 7.74. The van der Waals surface area contributed by atoms with Gasteiger partial charge in [-0.3, -0.25) is 0 Å². The largest absolute Gasteiger partial charge is 0.366 e. The highest BCUT2D eigenvalue weighted by atomic mass is 32.2. The van der Waals surface area contributed by atoms with E-state index in [0.29, 0.717) is 17.0 Å². The molecule has 20 heavy (non-hydrogen) atoms. The summed E-state index contributed by atoms with van der Waals surface area (Å²) >= 11 is 0. The van der Waals surface area contributed by atoms with Gasteiger partial charge in [0.25, 0.3) is 0 Å². The van der Waals surface area contributed by atoms with Crippen LogP contribution in [0.3, 0.4) is 0 Å². The highest BCUT2D eigenvalue weighted by molar-refractivity contribution is 7.89.